The molecule has 1 aromatic carbocycles. The first-order valence-electron chi connectivity index (χ1n) is 6.57. The average Bonchev–Trinajstić information content (AvgIpc) is 2.53. The Labute approximate surface area is 122 Å². The first-order valence-corrected chi connectivity index (χ1v) is 6.57. The van der Waals surface area contributed by atoms with Crippen LogP contribution >= 0.6 is 0 Å². The zero-order chi connectivity index (χ0) is 15.2. The number of benzene rings is 1. The van der Waals surface area contributed by atoms with Crippen LogP contribution in [0.25, 0.3) is 0 Å². The Kier molecular flexibility index (Phi) is 4.61. The number of non-ortho nitro benzene ring substituents is 1. The van der Waals surface area contributed by atoms with E-state index in [0.29, 0.717) is 17.5 Å². The Morgan fingerprint density at radius 1 is 1.33 bits per heavy atom. The minimum absolute atomic E-state index is 0.0177. The minimum Gasteiger partial charge on any atom is -0.345 e. The zero-order valence-corrected chi connectivity index (χ0v) is 11.5. The summed E-state index contributed by atoms with van der Waals surface area (Å²) in [4.78, 5) is 26.4. The summed E-state index contributed by atoms with van der Waals surface area (Å²) in [6.45, 7) is 1.91. The fourth-order valence-corrected chi connectivity index (χ4v) is 2.02. The molecular formula is C15H15N3O3. The highest BCUT2D eigenvalue weighted by atomic mass is 16.6. The third-order valence-corrected chi connectivity index (χ3v) is 3.14. The van der Waals surface area contributed by atoms with Crippen molar-refractivity contribution in [2.45, 2.75) is 19.4 Å². The van der Waals surface area contributed by atoms with Gasteiger partial charge in [-0.3, -0.25) is 19.9 Å². The summed E-state index contributed by atoms with van der Waals surface area (Å²) in [5.41, 5.74) is 1.24. The van der Waals surface area contributed by atoms with Crippen molar-refractivity contribution in [3.8, 4) is 0 Å². The zero-order valence-electron chi connectivity index (χ0n) is 11.5. The molecule has 2 rings (SSSR count). The Morgan fingerprint density at radius 3 is 2.67 bits per heavy atom. The van der Waals surface area contributed by atoms with Crippen LogP contribution < -0.4 is 5.32 Å². The molecule has 1 N–H and O–H groups in total. The largest absolute Gasteiger partial charge is 0.345 e. The first-order chi connectivity index (χ1) is 10.1. The van der Waals surface area contributed by atoms with Crippen LogP contribution in [0.15, 0.2) is 48.8 Å². The number of nitrogens with one attached hydrogen (secondary N) is 1. The van der Waals surface area contributed by atoms with E-state index in [-0.39, 0.29) is 17.6 Å². The first kappa shape index (κ1) is 14.6. The molecule has 1 heterocycles. The van der Waals surface area contributed by atoms with Gasteiger partial charge in [0, 0.05) is 30.1 Å². The highest BCUT2D eigenvalue weighted by Crippen LogP contribution is 2.21. The molecular weight excluding hydrogens is 270 g/mol. The normalized spacial score (nSPS) is 11.7. The van der Waals surface area contributed by atoms with E-state index in [2.05, 4.69) is 10.3 Å². The van der Waals surface area contributed by atoms with Gasteiger partial charge in [-0.05, 0) is 24.1 Å². The van der Waals surface area contributed by atoms with E-state index < -0.39 is 4.92 Å². The number of pyridine rings is 1. The van der Waals surface area contributed by atoms with Gasteiger partial charge in [-0.2, -0.15) is 0 Å². The van der Waals surface area contributed by atoms with Gasteiger partial charge in [0.2, 0.25) is 0 Å². The van der Waals surface area contributed by atoms with Gasteiger partial charge in [0.05, 0.1) is 11.0 Å². The Balaban J connectivity index is 2.18. The quantitative estimate of drug-likeness (QED) is 0.676. The van der Waals surface area contributed by atoms with Crippen LogP contribution in [-0.4, -0.2) is 15.8 Å². The van der Waals surface area contributed by atoms with E-state index in [9.17, 15) is 14.9 Å². The van der Waals surface area contributed by atoms with E-state index in [1.807, 2.05) is 6.92 Å². The number of nitro groups is 1. The van der Waals surface area contributed by atoms with E-state index in [1.54, 1.807) is 36.7 Å². The maximum Gasteiger partial charge on any atom is 0.269 e. The van der Waals surface area contributed by atoms with Gasteiger partial charge in [-0.1, -0.05) is 19.1 Å². The highest BCUT2D eigenvalue weighted by Gasteiger charge is 2.16. The SMILES string of the molecule is CC[C@H](NC(=O)c1ccncc1)c1cccc([N+](=O)[O-])c1. The number of hydrogen-bond acceptors (Lipinski definition) is 4. The minimum atomic E-state index is -0.444. The van der Waals surface area contributed by atoms with Crippen LogP contribution in [0.3, 0.4) is 0 Å². The van der Waals surface area contributed by atoms with Crippen LogP contribution in [0.5, 0.6) is 0 Å². The predicted octanol–water partition coefficient (Wildman–Crippen LogP) is 2.87. The predicted molar refractivity (Wildman–Crippen MR) is 77.8 cm³/mol. The third kappa shape index (κ3) is 3.62. The van der Waals surface area contributed by atoms with E-state index >= 15 is 0 Å². The van der Waals surface area contributed by atoms with Crippen molar-refractivity contribution in [3.63, 3.8) is 0 Å². The maximum atomic E-state index is 12.1. The van der Waals surface area contributed by atoms with Gasteiger partial charge in [0.1, 0.15) is 0 Å². The number of rotatable bonds is 5. The van der Waals surface area contributed by atoms with Crippen molar-refractivity contribution >= 4 is 11.6 Å². The number of carbonyl (C=O) groups excluding carboxylic acids is 1. The summed E-state index contributed by atoms with van der Waals surface area (Å²) in [5.74, 6) is -0.226. The van der Waals surface area contributed by atoms with Crippen LogP contribution in [0.1, 0.15) is 35.3 Å². The topological polar surface area (TPSA) is 85.1 Å². The number of hydrogen-bond donors (Lipinski definition) is 1. The molecule has 0 radical (unpaired) electrons. The van der Waals surface area contributed by atoms with Gasteiger partial charge in [0.25, 0.3) is 11.6 Å². The molecule has 0 fully saturated rings. The lowest BCUT2D eigenvalue weighted by molar-refractivity contribution is -0.384. The van der Waals surface area contributed by atoms with Gasteiger partial charge >= 0.3 is 0 Å². The molecule has 0 spiro atoms. The van der Waals surface area contributed by atoms with Crippen molar-refractivity contribution in [2.75, 3.05) is 0 Å². The number of nitrogens with zero attached hydrogens (tertiary/aromatic N) is 2. The molecule has 0 unspecified atom stereocenters. The summed E-state index contributed by atoms with van der Waals surface area (Å²) in [7, 11) is 0. The molecule has 21 heavy (non-hydrogen) atoms. The Morgan fingerprint density at radius 2 is 2.05 bits per heavy atom. The molecule has 2 aromatic rings. The molecule has 0 bridgehead atoms. The molecule has 0 saturated heterocycles. The second-order valence-corrected chi connectivity index (χ2v) is 4.52. The second kappa shape index (κ2) is 6.60. The number of carbonyl (C=O) groups is 1. The lowest BCUT2D eigenvalue weighted by Crippen LogP contribution is -2.28. The standard InChI is InChI=1S/C15H15N3O3/c1-2-14(12-4-3-5-13(10-12)18(20)21)17-15(19)11-6-8-16-9-7-11/h3-10,14H,2H2,1H3,(H,17,19)/t14-/m0/s1. The molecule has 0 saturated carbocycles. The van der Waals surface area contributed by atoms with Crippen LogP contribution in [0.2, 0.25) is 0 Å². The Hall–Kier alpha value is -2.76. The molecule has 1 aromatic heterocycles. The summed E-state index contributed by atoms with van der Waals surface area (Å²) >= 11 is 0. The lowest BCUT2D eigenvalue weighted by atomic mass is 10.0. The van der Waals surface area contributed by atoms with Gasteiger partial charge in [-0.15, -0.1) is 0 Å². The van der Waals surface area contributed by atoms with Gasteiger partial charge in [0.15, 0.2) is 0 Å². The number of aromatic nitrogens is 1. The fourth-order valence-electron chi connectivity index (χ4n) is 2.02. The highest BCUT2D eigenvalue weighted by molar-refractivity contribution is 5.94. The van der Waals surface area contributed by atoms with Gasteiger partial charge in [-0.25, -0.2) is 0 Å². The van der Waals surface area contributed by atoms with Crippen LogP contribution in [0, 0.1) is 10.1 Å². The van der Waals surface area contributed by atoms with Crippen molar-refractivity contribution in [2.24, 2.45) is 0 Å². The van der Waals surface area contributed by atoms with Crippen molar-refractivity contribution < 1.29 is 9.72 Å². The Bertz CT molecular complexity index is 644. The molecule has 0 aliphatic rings. The summed E-state index contributed by atoms with van der Waals surface area (Å²) < 4.78 is 0. The van der Waals surface area contributed by atoms with Crippen molar-refractivity contribution in [1.29, 1.82) is 0 Å². The molecule has 0 aliphatic heterocycles. The van der Waals surface area contributed by atoms with Gasteiger partial charge < -0.3 is 5.32 Å². The average molecular weight is 285 g/mol. The van der Waals surface area contributed by atoms with E-state index in [0.717, 1.165) is 0 Å². The van der Waals surface area contributed by atoms with E-state index in [1.165, 1.54) is 12.1 Å². The summed E-state index contributed by atoms with van der Waals surface area (Å²) in [6, 6.07) is 9.28. The third-order valence-electron chi connectivity index (χ3n) is 3.14. The molecule has 1 amide bonds. The molecule has 6 nitrogen and oxygen atoms in total. The van der Waals surface area contributed by atoms with Crippen LogP contribution in [0.4, 0.5) is 5.69 Å². The second-order valence-electron chi connectivity index (χ2n) is 4.52. The summed E-state index contributed by atoms with van der Waals surface area (Å²) in [5, 5.41) is 13.7. The van der Waals surface area contributed by atoms with Crippen LogP contribution in [-0.2, 0) is 0 Å². The monoisotopic (exact) mass is 285 g/mol. The molecule has 0 aliphatic carbocycles. The number of amides is 1. The fraction of sp³-hybridized carbons (Fsp3) is 0.200. The van der Waals surface area contributed by atoms with Crippen molar-refractivity contribution in [3.05, 3.63) is 70.0 Å². The summed E-state index contributed by atoms with van der Waals surface area (Å²) in [6.07, 6.45) is 3.73. The van der Waals surface area contributed by atoms with E-state index in [4.69, 9.17) is 0 Å². The molecule has 1 atom stereocenters. The molecule has 108 valence electrons. The number of nitro benzene ring substituents is 1. The smallest absolute Gasteiger partial charge is 0.269 e. The van der Waals surface area contributed by atoms with Crippen molar-refractivity contribution in [1.82, 2.24) is 10.3 Å². The molecule has 6 heteroatoms. The maximum absolute atomic E-state index is 12.1. The lowest BCUT2D eigenvalue weighted by Gasteiger charge is -2.17.